The molecule has 0 aromatic carbocycles. The van der Waals surface area contributed by atoms with E-state index in [0.717, 1.165) is 32.1 Å². The highest BCUT2D eigenvalue weighted by Crippen LogP contribution is 2.33. The summed E-state index contributed by atoms with van der Waals surface area (Å²) in [5.41, 5.74) is 0. The highest BCUT2D eigenvalue weighted by atomic mass is 32.2. The molecule has 0 aromatic rings. The van der Waals surface area contributed by atoms with Gasteiger partial charge < -0.3 is 0 Å². The largest absolute Gasteiger partial charge is 0.216 e. The maximum Gasteiger partial charge on any atom is 0.216 e. The van der Waals surface area contributed by atoms with Gasteiger partial charge in [-0.2, -0.15) is 4.31 Å². The molecule has 2 atom stereocenters. The van der Waals surface area contributed by atoms with Crippen molar-refractivity contribution in [2.45, 2.75) is 64.2 Å². The van der Waals surface area contributed by atoms with Crippen molar-refractivity contribution in [3.8, 4) is 0 Å². The lowest BCUT2D eigenvalue weighted by Gasteiger charge is -2.43. The molecule has 2 saturated heterocycles. The molecule has 0 aliphatic carbocycles. The Balaban J connectivity index is 2.21. The SMILES string of the molecule is CCS(=O)(=O)N1CCCC(C2CCCCN2S(=O)(=O)C(C)C)C1. The molecule has 136 valence electrons. The molecule has 0 radical (unpaired) electrons. The number of hydrogen-bond acceptors (Lipinski definition) is 4. The predicted octanol–water partition coefficient (Wildman–Crippen LogP) is 1.64. The predicted molar refractivity (Wildman–Crippen MR) is 92.2 cm³/mol. The molecule has 0 bridgehead atoms. The summed E-state index contributed by atoms with van der Waals surface area (Å²) in [6.07, 6.45) is 4.48. The minimum Gasteiger partial charge on any atom is -0.212 e. The van der Waals surface area contributed by atoms with Crippen LogP contribution < -0.4 is 0 Å². The van der Waals surface area contributed by atoms with Crippen molar-refractivity contribution >= 4 is 20.0 Å². The number of sulfonamides is 2. The normalized spacial score (nSPS) is 29.0. The van der Waals surface area contributed by atoms with E-state index in [1.807, 2.05) is 0 Å². The van der Waals surface area contributed by atoms with Crippen molar-refractivity contribution in [3.05, 3.63) is 0 Å². The molecule has 6 nitrogen and oxygen atoms in total. The van der Waals surface area contributed by atoms with Gasteiger partial charge in [0.05, 0.1) is 11.0 Å². The number of hydrogen-bond donors (Lipinski definition) is 0. The molecule has 23 heavy (non-hydrogen) atoms. The van der Waals surface area contributed by atoms with Gasteiger partial charge in [0.1, 0.15) is 0 Å². The lowest BCUT2D eigenvalue weighted by Crippen LogP contribution is -2.54. The van der Waals surface area contributed by atoms with Crippen LogP contribution in [0.3, 0.4) is 0 Å². The van der Waals surface area contributed by atoms with Crippen LogP contribution in [-0.4, -0.2) is 62.1 Å². The van der Waals surface area contributed by atoms with Crippen molar-refractivity contribution < 1.29 is 16.8 Å². The summed E-state index contributed by atoms with van der Waals surface area (Å²) >= 11 is 0. The molecule has 0 amide bonds. The lowest BCUT2D eigenvalue weighted by molar-refractivity contribution is 0.134. The molecule has 8 heteroatoms. The fourth-order valence-electron chi connectivity index (χ4n) is 3.71. The van der Waals surface area contributed by atoms with Gasteiger partial charge in [-0.3, -0.25) is 0 Å². The topological polar surface area (TPSA) is 74.8 Å². The van der Waals surface area contributed by atoms with Gasteiger partial charge in [0.15, 0.2) is 0 Å². The van der Waals surface area contributed by atoms with Crippen LogP contribution in [0.5, 0.6) is 0 Å². The van der Waals surface area contributed by atoms with Gasteiger partial charge >= 0.3 is 0 Å². The van der Waals surface area contributed by atoms with Crippen LogP contribution in [0.2, 0.25) is 0 Å². The van der Waals surface area contributed by atoms with Crippen molar-refractivity contribution in [1.82, 2.24) is 8.61 Å². The summed E-state index contributed by atoms with van der Waals surface area (Å²) in [6, 6.07) is -0.0500. The second kappa shape index (κ2) is 7.37. The maximum atomic E-state index is 12.7. The molecule has 2 unspecified atom stereocenters. The third-order valence-electron chi connectivity index (χ3n) is 5.14. The van der Waals surface area contributed by atoms with Crippen LogP contribution in [-0.2, 0) is 20.0 Å². The highest BCUT2D eigenvalue weighted by molar-refractivity contribution is 7.89. The first-order valence-corrected chi connectivity index (χ1v) is 11.8. The average Bonchev–Trinajstić information content (AvgIpc) is 2.54. The van der Waals surface area contributed by atoms with Gasteiger partial charge in [-0.25, -0.2) is 21.1 Å². The molecule has 0 saturated carbocycles. The first-order chi connectivity index (χ1) is 10.7. The van der Waals surface area contributed by atoms with Crippen molar-refractivity contribution in [3.63, 3.8) is 0 Å². The first-order valence-electron chi connectivity index (χ1n) is 8.68. The second-order valence-corrected chi connectivity index (χ2v) is 11.6. The Morgan fingerprint density at radius 2 is 1.70 bits per heavy atom. The first kappa shape index (κ1) is 19.1. The Hall–Kier alpha value is -0.180. The van der Waals surface area contributed by atoms with Gasteiger partial charge in [-0.15, -0.1) is 0 Å². The minimum atomic E-state index is -3.29. The maximum absolute atomic E-state index is 12.7. The Bertz CT molecular complexity index is 601. The van der Waals surface area contributed by atoms with E-state index in [4.69, 9.17) is 0 Å². The fraction of sp³-hybridized carbons (Fsp3) is 1.00. The van der Waals surface area contributed by atoms with Crippen LogP contribution in [0.4, 0.5) is 0 Å². The second-order valence-electron chi connectivity index (χ2n) is 6.93. The monoisotopic (exact) mass is 366 g/mol. The Morgan fingerprint density at radius 1 is 1.00 bits per heavy atom. The zero-order valence-electron chi connectivity index (χ0n) is 14.4. The average molecular weight is 367 g/mol. The van der Waals surface area contributed by atoms with E-state index in [-0.39, 0.29) is 17.7 Å². The zero-order valence-corrected chi connectivity index (χ0v) is 16.1. The Kier molecular flexibility index (Phi) is 6.14. The minimum absolute atomic E-state index is 0.0500. The quantitative estimate of drug-likeness (QED) is 0.741. The van der Waals surface area contributed by atoms with E-state index < -0.39 is 25.3 Å². The van der Waals surface area contributed by atoms with Crippen LogP contribution >= 0.6 is 0 Å². The van der Waals surface area contributed by atoms with E-state index in [0.29, 0.717) is 19.6 Å². The smallest absolute Gasteiger partial charge is 0.212 e. The van der Waals surface area contributed by atoms with Crippen molar-refractivity contribution in [1.29, 1.82) is 0 Å². The molecule has 0 N–H and O–H groups in total. The summed E-state index contributed by atoms with van der Waals surface area (Å²) in [6.45, 7) is 6.70. The van der Waals surface area contributed by atoms with Gasteiger partial charge in [0.2, 0.25) is 20.0 Å². The molecule has 2 rings (SSSR count). The summed E-state index contributed by atoms with van der Waals surface area (Å²) in [5, 5.41) is -0.429. The summed E-state index contributed by atoms with van der Waals surface area (Å²) < 4.78 is 52.9. The van der Waals surface area contributed by atoms with Crippen LogP contribution in [0.1, 0.15) is 52.9 Å². The molecule has 0 aromatic heterocycles. The van der Waals surface area contributed by atoms with Crippen LogP contribution in [0, 0.1) is 5.92 Å². The standard InChI is InChI=1S/C15H30N2O4S2/c1-4-22(18,19)16-10-7-8-14(12-16)15-9-5-6-11-17(15)23(20,21)13(2)3/h13-15H,4-12H2,1-3H3. The van der Waals surface area contributed by atoms with E-state index >= 15 is 0 Å². The van der Waals surface area contributed by atoms with Crippen LogP contribution in [0.15, 0.2) is 0 Å². The zero-order chi connectivity index (χ0) is 17.3. The molecule has 2 fully saturated rings. The van der Waals surface area contributed by atoms with E-state index in [1.165, 1.54) is 0 Å². The summed E-state index contributed by atoms with van der Waals surface area (Å²) in [5.74, 6) is 0.220. The highest BCUT2D eigenvalue weighted by Gasteiger charge is 2.40. The number of nitrogens with zero attached hydrogens (tertiary/aromatic N) is 2. The van der Waals surface area contributed by atoms with Gasteiger partial charge in [0, 0.05) is 25.7 Å². The fourth-order valence-corrected chi connectivity index (χ4v) is 6.48. The van der Waals surface area contributed by atoms with Crippen LogP contribution in [0.25, 0.3) is 0 Å². The van der Waals surface area contributed by atoms with Crippen molar-refractivity contribution in [2.24, 2.45) is 5.92 Å². The molecular formula is C15H30N2O4S2. The molecule has 2 aliphatic rings. The van der Waals surface area contributed by atoms with Gasteiger partial charge in [-0.1, -0.05) is 6.42 Å². The Morgan fingerprint density at radius 3 is 2.30 bits per heavy atom. The van der Waals surface area contributed by atoms with Gasteiger partial charge in [-0.05, 0) is 52.4 Å². The molecule has 0 spiro atoms. The summed E-state index contributed by atoms with van der Waals surface area (Å²) in [7, 11) is -6.49. The van der Waals surface area contributed by atoms with E-state index in [9.17, 15) is 16.8 Å². The molecule has 2 heterocycles. The Labute approximate surface area is 141 Å². The number of piperidine rings is 2. The van der Waals surface area contributed by atoms with E-state index in [2.05, 4.69) is 0 Å². The third-order valence-corrected chi connectivity index (χ3v) is 9.29. The van der Waals surface area contributed by atoms with E-state index in [1.54, 1.807) is 29.4 Å². The summed E-state index contributed by atoms with van der Waals surface area (Å²) in [4.78, 5) is 0. The number of rotatable bonds is 5. The third kappa shape index (κ3) is 4.08. The van der Waals surface area contributed by atoms with Gasteiger partial charge in [0.25, 0.3) is 0 Å². The molecular weight excluding hydrogens is 336 g/mol. The molecule has 2 aliphatic heterocycles. The lowest BCUT2D eigenvalue weighted by atomic mass is 9.87. The van der Waals surface area contributed by atoms with Crippen molar-refractivity contribution in [2.75, 3.05) is 25.4 Å².